The van der Waals surface area contributed by atoms with Crippen LogP contribution >= 0.6 is 0 Å². The molecule has 8 nitrogen and oxygen atoms in total. The van der Waals surface area contributed by atoms with Crippen LogP contribution < -0.4 is 14.8 Å². The van der Waals surface area contributed by atoms with Crippen molar-refractivity contribution < 1.29 is 29.0 Å². The molecule has 3 rings (SSSR count). The van der Waals surface area contributed by atoms with Gasteiger partial charge >= 0.3 is 12.1 Å². The summed E-state index contributed by atoms with van der Waals surface area (Å²) < 4.78 is 11.5. The minimum absolute atomic E-state index is 0.0215. The molecule has 1 aliphatic rings. The number of hydrogen-bond acceptors (Lipinski definition) is 5. The number of nitrogens with one attached hydrogen (secondary N) is 1. The number of carboxylic acids is 1. The van der Waals surface area contributed by atoms with Crippen LogP contribution in [0, 0.1) is 5.41 Å². The Kier molecular flexibility index (Phi) is 8.84. The molecule has 0 atom stereocenters. The van der Waals surface area contributed by atoms with Crippen molar-refractivity contribution in [3.63, 3.8) is 0 Å². The van der Waals surface area contributed by atoms with E-state index in [1.165, 1.54) is 0 Å². The fourth-order valence-corrected chi connectivity index (χ4v) is 4.80. The van der Waals surface area contributed by atoms with Gasteiger partial charge < -0.3 is 24.8 Å². The first-order valence-electron chi connectivity index (χ1n) is 12.7. The van der Waals surface area contributed by atoms with Gasteiger partial charge in [-0.25, -0.2) is 4.79 Å². The minimum atomic E-state index is -0.870. The lowest BCUT2D eigenvalue weighted by Gasteiger charge is -2.33. The highest BCUT2D eigenvalue weighted by Crippen LogP contribution is 2.27. The van der Waals surface area contributed by atoms with E-state index < -0.39 is 12.1 Å². The summed E-state index contributed by atoms with van der Waals surface area (Å²) in [5.41, 5.74) is 0.969. The Morgan fingerprint density at radius 1 is 0.919 bits per heavy atom. The van der Waals surface area contributed by atoms with E-state index in [9.17, 15) is 14.4 Å². The lowest BCUT2D eigenvalue weighted by Crippen LogP contribution is -2.45. The summed E-state index contributed by atoms with van der Waals surface area (Å²) in [6.07, 6.45) is 1.68. The zero-order valence-electron chi connectivity index (χ0n) is 22.4. The van der Waals surface area contributed by atoms with E-state index in [1.54, 1.807) is 53.4 Å². The average Bonchev–Trinajstić information content (AvgIpc) is 2.79. The number of rotatable bonds is 8. The minimum Gasteiger partial charge on any atom is -0.490 e. The van der Waals surface area contributed by atoms with Crippen LogP contribution in [0.2, 0.25) is 0 Å². The second-order valence-electron chi connectivity index (χ2n) is 11.5. The van der Waals surface area contributed by atoms with Crippen LogP contribution in [0.5, 0.6) is 11.5 Å². The number of benzene rings is 2. The molecule has 0 saturated carbocycles. The highest BCUT2D eigenvalue weighted by atomic mass is 16.6. The Morgan fingerprint density at radius 3 is 2.03 bits per heavy atom. The summed E-state index contributed by atoms with van der Waals surface area (Å²) in [6, 6.07) is 13.6. The van der Waals surface area contributed by atoms with E-state index in [2.05, 4.69) is 26.1 Å². The number of hydrogen-bond donors (Lipinski definition) is 2. The van der Waals surface area contributed by atoms with Crippen LogP contribution in [0.25, 0.3) is 0 Å². The third-order valence-electron chi connectivity index (χ3n) is 6.03. The molecule has 1 saturated heterocycles. The maximum Gasteiger partial charge on any atom is 0.415 e. The molecule has 2 amide bonds. The number of piperidine rings is 1. The molecule has 37 heavy (non-hydrogen) atoms. The fourth-order valence-electron chi connectivity index (χ4n) is 4.80. The largest absolute Gasteiger partial charge is 0.490 e. The molecule has 0 aliphatic carbocycles. The van der Waals surface area contributed by atoms with E-state index in [1.807, 2.05) is 13.8 Å². The third kappa shape index (κ3) is 9.12. The molecule has 0 bridgehead atoms. The summed E-state index contributed by atoms with van der Waals surface area (Å²) in [6.45, 7) is 11.5. The second kappa shape index (κ2) is 11.7. The molecule has 0 aromatic heterocycles. The zero-order chi connectivity index (χ0) is 27.2. The molecule has 0 radical (unpaired) electrons. The Hall–Kier alpha value is -3.55. The van der Waals surface area contributed by atoms with Gasteiger partial charge in [0.2, 0.25) is 0 Å². The predicted octanol–water partition coefficient (Wildman–Crippen LogP) is 5.30. The molecule has 2 aromatic rings. The van der Waals surface area contributed by atoms with E-state index in [0.717, 1.165) is 12.0 Å². The van der Waals surface area contributed by atoms with Crippen LogP contribution in [-0.4, -0.2) is 52.7 Å². The van der Waals surface area contributed by atoms with Crippen molar-refractivity contribution in [2.75, 3.05) is 13.1 Å². The number of amides is 2. The van der Waals surface area contributed by atoms with Gasteiger partial charge in [-0.3, -0.25) is 9.59 Å². The molecule has 1 fully saturated rings. The summed E-state index contributed by atoms with van der Waals surface area (Å²) >= 11 is 0. The lowest BCUT2D eigenvalue weighted by molar-refractivity contribution is -0.136. The van der Waals surface area contributed by atoms with Gasteiger partial charge in [0, 0.05) is 37.0 Å². The molecule has 0 spiro atoms. The molecular formula is C29H38N2O6. The predicted molar refractivity (Wildman–Crippen MR) is 141 cm³/mol. The van der Waals surface area contributed by atoms with Crippen molar-refractivity contribution >= 4 is 18.0 Å². The molecular weight excluding hydrogens is 472 g/mol. The smallest absolute Gasteiger partial charge is 0.415 e. The monoisotopic (exact) mass is 510 g/mol. The summed E-state index contributed by atoms with van der Waals surface area (Å²) in [5.74, 6) is 0.0344. The molecule has 2 N–H and O–H groups in total. The normalized spacial score (nSPS) is 14.7. The molecule has 1 heterocycles. The van der Waals surface area contributed by atoms with Crippen molar-refractivity contribution in [3.8, 4) is 11.5 Å². The quantitative estimate of drug-likeness (QED) is 0.499. The number of carboxylic acid groups (broad SMARTS) is 1. The number of carbonyl (C=O) groups is 3. The number of aliphatic carboxylic acids is 1. The Morgan fingerprint density at radius 2 is 1.49 bits per heavy atom. The number of carbonyl (C=O) groups excluding carboxylic acids is 2. The van der Waals surface area contributed by atoms with Crippen LogP contribution in [0.3, 0.4) is 0 Å². The van der Waals surface area contributed by atoms with Crippen molar-refractivity contribution in [3.05, 3.63) is 59.7 Å². The average molecular weight is 511 g/mol. The number of ether oxygens (including phenoxy) is 2. The third-order valence-corrected chi connectivity index (χ3v) is 6.03. The van der Waals surface area contributed by atoms with Gasteiger partial charge in [0.05, 0.1) is 6.42 Å². The number of nitrogens with zero attached hydrogens (tertiary/aromatic N) is 1. The highest BCUT2D eigenvalue weighted by molar-refractivity contribution is 5.94. The van der Waals surface area contributed by atoms with E-state index in [4.69, 9.17) is 14.6 Å². The van der Waals surface area contributed by atoms with E-state index in [-0.39, 0.29) is 29.4 Å². The maximum absolute atomic E-state index is 12.7. The molecule has 8 heteroatoms. The summed E-state index contributed by atoms with van der Waals surface area (Å²) in [7, 11) is 0. The first kappa shape index (κ1) is 28.0. The van der Waals surface area contributed by atoms with Crippen molar-refractivity contribution in [1.29, 1.82) is 0 Å². The first-order valence-corrected chi connectivity index (χ1v) is 12.7. The Balaban J connectivity index is 1.45. The van der Waals surface area contributed by atoms with Gasteiger partial charge in [-0.1, -0.05) is 32.9 Å². The first-order chi connectivity index (χ1) is 17.3. The maximum atomic E-state index is 12.7. The molecule has 1 aliphatic heterocycles. The van der Waals surface area contributed by atoms with Crippen molar-refractivity contribution in [2.24, 2.45) is 5.41 Å². The van der Waals surface area contributed by atoms with E-state index in [0.29, 0.717) is 43.0 Å². The van der Waals surface area contributed by atoms with Crippen molar-refractivity contribution in [1.82, 2.24) is 10.2 Å². The van der Waals surface area contributed by atoms with Crippen LogP contribution in [0.4, 0.5) is 4.79 Å². The van der Waals surface area contributed by atoms with Gasteiger partial charge in [-0.05, 0) is 67.6 Å². The molecule has 2 aromatic carbocycles. The zero-order valence-corrected chi connectivity index (χ0v) is 22.4. The van der Waals surface area contributed by atoms with Crippen LogP contribution in [0.1, 0.15) is 69.8 Å². The topological polar surface area (TPSA) is 105 Å². The Labute approximate surface area is 219 Å². The Bertz CT molecular complexity index is 1080. The highest BCUT2D eigenvalue weighted by Gasteiger charge is 2.28. The second-order valence-corrected chi connectivity index (χ2v) is 11.5. The molecule has 0 unspecified atom stereocenters. The standard InChI is InChI=1S/C29H38N2O6/c1-28(2,3)19-29(4,5)30-26(34)21-8-12-23(13-9-21)37-27(35)31-16-14-24(15-17-31)36-22-10-6-20(7-11-22)18-25(32)33/h6-13,24H,14-19H2,1-5H3,(H,30,34)(H,32,33). The van der Waals surface area contributed by atoms with Gasteiger partial charge in [-0.2, -0.15) is 0 Å². The summed E-state index contributed by atoms with van der Waals surface area (Å²) in [5, 5.41) is 12.0. The summed E-state index contributed by atoms with van der Waals surface area (Å²) in [4.78, 5) is 37.8. The van der Waals surface area contributed by atoms with Gasteiger partial charge in [0.1, 0.15) is 17.6 Å². The van der Waals surface area contributed by atoms with Gasteiger partial charge in [-0.15, -0.1) is 0 Å². The number of likely N-dealkylation sites (tertiary alicyclic amines) is 1. The van der Waals surface area contributed by atoms with Gasteiger partial charge in [0.25, 0.3) is 5.91 Å². The van der Waals surface area contributed by atoms with Crippen molar-refractivity contribution in [2.45, 2.75) is 71.9 Å². The van der Waals surface area contributed by atoms with Gasteiger partial charge in [0.15, 0.2) is 0 Å². The SMILES string of the molecule is CC(C)(C)CC(C)(C)NC(=O)c1ccc(OC(=O)N2CCC(Oc3ccc(CC(=O)O)cc3)CC2)cc1. The van der Waals surface area contributed by atoms with Crippen LogP contribution in [0.15, 0.2) is 48.5 Å². The molecule has 200 valence electrons. The fraction of sp³-hybridized carbons (Fsp3) is 0.483. The van der Waals surface area contributed by atoms with Crippen LogP contribution in [-0.2, 0) is 11.2 Å². The van der Waals surface area contributed by atoms with E-state index >= 15 is 0 Å². The lowest BCUT2D eigenvalue weighted by atomic mass is 9.81.